The molecule has 1 aromatic heterocycles. The number of Topliss-reactive ketones (excluding diaryl/α,β-unsaturated/α-hetero) is 1. The van der Waals surface area contributed by atoms with Gasteiger partial charge in [0.05, 0.1) is 10.8 Å². The molecule has 0 aliphatic carbocycles. The second-order valence-corrected chi connectivity index (χ2v) is 6.64. The summed E-state index contributed by atoms with van der Waals surface area (Å²) in [7, 11) is 0. The molecule has 0 N–H and O–H groups in total. The SMILES string of the molecule is O=C(c1cccc2cccnc12)C1CSCCS1. The molecule has 1 fully saturated rings. The van der Waals surface area contributed by atoms with Gasteiger partial charge in [0.15, 0.2) is 5.78 Å². The standard InChI is InChI=1S/C14H13NOS2/c16-14(12-9-17-7-8-18-12)11-5-1-3-10-4-2-6-15-13(10)11/h1-6,12H,7-9H2. The van der Waals surface area contributed by atoms with Crippen LogP contribution in [0.4, 0.5) is 0 Å². The Hall–Kier alpha value is -1.00. The maximum absolute atomic E-state index is 12.5. The van der Waals surface area contributed by atoms with Crippen LogP contribution in [-0.4, -0.2) is 33.3 Å². The molecule has 1 unspecified atom stereocenters. The Labute approximate surface area is 115 Å². The first-order chi connectivity index (χ1) is 8.86. The van der Waals surface area contributed by atoms with E-state index >= 15 is 0 Å². The molecule has 1 atom stereocenters. The number of thioether (sulfide) groups is 2. The van der Waals surface area contributed by atoms with Gasteiger partial charge in [-0.05, 0) is 12.1 Å². The van der Waals surface area contributed by atoms with E-state index in [1.807, 2.05) is 42.1 Å². The smallest absolute Gasteiger partial charge is 0.178 e. The third-order valence-electron chi connectivity index (χ3n) is 3.01. The number of fused-ring (bicyclic) bond motifs is 1. The summed E-state index contributed by atoms with van der Waals surface area (Å²) in [5.74, 6) is 3.38. The molecule has 92 valence electrons. The molecule has 1 aromatic carbocycles. The summed E-state index contributed by atoms with van der Waals surface area (Å²) in [5, 5.41) is 1.13. The third-order valence-corrected chi connectivity index (χ3v) is 5.76. The highest BCUT2D eigenvalue weighted by Gasteiger charge is 2.24. The van der Waals surface area contributed by atoms with Crippen LogP contribution >= 0.6 is 23.5 Å². The van der Waals surface area contributed by atoms with Gasteiger partial charge in [-0.15, -0.1) is 11.8 Å². The zero-order chi connectivity index (χ0) is 12.4. The van der Waals surface area contributed by atoms with Gasteiger partial charge in [-0.2, -0.15) is 11.8 Å². The minimum absolute atomic E-state index is 0.0938. The Morgan fingerprint density at radius 3 is 2.94 bits per heavy atom. The number of hydrogen-bond donors (Lipinski definition) is 0. The van der Waals surface area contributed by atoms with Crippen molar-refractivity contribution in [3.63, 3.8) is 0 Å². The van der Waals surface area contributed by atoms with Crippen molar-refractivity contribution in [2.75, 3.05) is 17.3 Å². The number of nitrogens with zero attached hydrogens (tertiary/aromatic N) is 1. The van der Waals surface area contributed by atoms with Gasteiger partial charge in [-0.3, -0.25) is 9.78 Å². The Balaban J connectivity index is 2.00. The fourth-order valence-electron chi connectivity index (χ4n) is 2.12. The summed E-state index contributed by atoms with van der Waals surface area (Å²) in [5.41, 5.74) is 1.61. The van der Waals surface area contributed by atoms with Crippen LogP contribution in [0, 0.1) is 0 Å². The summed E-state index contributed by atoms with van der Waals surface area (Å²) in [6, 6.07) is 9.75. The molecule has 4 heteroatoms. The minimum atomic E-state index is 0.0938. The molecule has 0 saturated carbocycles. The number of ketones is 1. The molecule has 2 heterocycles. The van der Waals surface area contributed by atoms with Crippen molar-refractivity contribution in [3.05, 3.63) is 42.1 Å². The number of carbonyl (C=O) groups is 1. The topological polar surface area (TPSA) is 30.0 Å². The number of pyridine rings is 1. The maximum Gasteiger partial charge on any atom is 0.178 e. The van der Waals surface area contributed by atoms with E-state index in [0.717, 1.165) is 33.7 Å². The zero-order valence-electron chi connectivity index (χ0n) is 9.83. The third kappa shape index (κ3) is 2.27. The summed E-state index contributed by atoms with van der Waals surface area (Å²) in [6.07, 6.45) is 1.75. The molecule has 2 nitrogen and oxygen atoms in total. The second-order valence-electron chi connectivity index (χ2n) is 4.18. The number of para-hydroxylation sites is 1. The first-order valence-electron chi connectivity index (χ1n) is 5.93. The van der Waals surface area contributed by atoms with Crippen LogP contribution in [0.2, 0.25) is 0 Å². The van der Waals surface area contributed by atoms with Crippen LogP contribution in [-0.2, 0) is 0 Å². The van der Waals surface area contributed by atoms with Crippen LogP contribution in [0.1, 0.15) is 10.4 Å². The fraction of sp³-hybridized carbons (Fsp3) is 0.286. The second kappa shape index (κ2) is 5.33. The molecule has 2 aromatic rings. The zero-order valence-corrected chi connectivity index (χ0v) is 11.5. The molecule has 0 spiro atoms. The predicted molar refractivity (Wildman–Crippen MR) is 79.6 cm³/mol. The van der Waals surface area contributed by atoms with Crippen molar-refractivity contribution in [1.82, 2.24) is 4.98 Å². The maximum atomic E-state index is 12.5. The normalized spacial score (nSPS) is 19.9. The number of carbonyl (C=O) groups excluding carboxylic acids is 1. The highest BCUT2D eigenvalue weighted by atomic mass is 32.2. The number of benzene rings is 1. The molecular weight excluding hydrogens is 262 g/mol. The Bertz CT molecular complexity index is 574. The molecule has 1 saturated heterocycles. The van der Waals surface area contributed by atoms with Crippen LogP contribution in [0.25, 0.3) is 10.9 Å². The lowest BCUT2D eigenvalue weighted by molar-refractivity contribution is 0.0996. The molecule has 1 aliphatic heterocycles. The van der Waals surface area contributed by atoms with Gasteiger partial charge in [0.25, 0.3) is 0 Å². The van der Waals surface area contributed by atoms with Gasteiger partial charge in [-0.1, -0.05) is 18.2 Å². The van der Waals surface area contributed by atoms with E-state index < -0.39 is 0 Å². The Morgan fingerprint density at radius 2 is 2.11 bits per heavy atom. The number of rotatable bonds is 2. The minimum Gasteiger partial charge on any atom is -0.293 e. The van der Waals surface area contributed by atoms with Gasteiger partial charge < -0.3 is 0 Å². The van der Waals surface area contributed by atoms with E-state index in [2.05, 4.69) is 4.98 Å². The fourth-order valence-corrected chi connectivity index (χ4v) is 4.74. The van der Waals surface area contributed by atoms with Gasteiger partial charge in [0, 0.05) is 34.4 Å². The lowest BCUT2D eigenvalue weighted by atomic mass is 10.0. The molecule has 3 rings (SSSR count). The van der Waals surface area contributed by atoms with Gasteiger partial charge >= 0.3 is 0 Å². The quantitative estimate of drug-likeness (QED) is 0.787. The monoisotopic (exact) mass is 275 g/mol. The van der Waals surface area contributed by atoms with Crippen molar-refractivity contribution in [1.29, 1.82) is 0 Å². The number of hydrogen-bond acceptors (Lipinski definition) is 4. The molecule has 18 heavy (non-hydrogen) atoms. The Morgan fingerprint density at radius 1 is 1.22 bits per heavy atom. The van der Waals surface area contributed by atoms with Gasteiger partial charge in [0.1, 0.15) is 0 Å². The van der Waals surface area contributed by atoms with Crippen LogP contribution < -0.4 is 0 Å². The summed E-state index contributed by atoms with van der Waals surface area (Å²) >= 11 is 3.65. The van der Waals surface area contributed by atoms with E-state index in [0.29, 0.717) is 0 Å². The lowest BCUT2D eigenvalue weighted by Gasteiger charge is -2.20. The van der Waals surface area contributed by atoms with Crippen molar-refractivity contribution in [2.45, 2.75) is 5.25 Å². The molecule has 0 amide bonds. The molecule has 1 aliphatic rings. The highest BCUT2D eigenvalue weighted by Crippen LogP contribution is 2.28. The molecule has 0 bridgehead atoms. The van der Waals surface area contributed by atoms with Crippen LogP contribution in [0.5, 0.6) is 0 Å². The molecule has 0 radical (unpaired) electrons. The Kier molecular flexibility index (Phi) is 3.57. The first kappa shape index (κ1) is 12.1. The molecular formula is C14H13NOS2. The van der Waals surface area contributed by atoms with Crippen molar-refractivity contribution in [3.8, 4) is 0 Å². The lowest BCUT2D eigenvalue weighted by Crippen LogP contribution is -2.24. The largest absolute Gasteiger partial charge is 0.293 e. The van der Waals surface area contributed by atoms with E-state index in [-0.39, 0.29) is 11.0 Å². The van der Waals surface area contributed by atoms with Crippen LogP contribution in [0.15, 0.2) is 36.5 Å². The van der Waals surface area contributed by atoms with Crippen molar-refractivity contribution >= 4 is 40.2 Å². The van der Waals surface area contributed by atoms with Crippen molar-refractivity contribution < 1.29 is 4.79 Å². The summed E-state index contributed by atoms with van der Waals surface area (Å²) in [4.78, 5) is 16.9. The van der Waals surface area contributed by atoms with E-state index in [4.69, 9.17) is 0 Å². The average molecular weight is 275 g/mol. The average Bonchev–Trinajstić information content (AvgIpc) is 2.47. The van der Waals surface area contributed by atoms with E-state index in [1.165, 1.54) is 0 Å². The first-order valence-corrected chi connectivity index (χ1v) is 8.14. The van der Waals surface area contributed by atoms with E-state index in [9.17, 15) is 4.79 Å². The summed E-state index contributed by atoms with van der Waals surface area (Å²) < 4.78 is 0. The van der Waals surface area contributed by atoms with E-state index in [1.54, 1.807) is 18.0 Å². The van der Waals surface area contributed by atoms with Gasteiger partial charge in [-0.25, -0.2) is 0 Å². The summed E-state index contributed by atoms with van der Waals surface area (Å²) in [6.45, 7) is 0. The highest BCUT2D eigenvalue weighted by molar-refractivity contribution is 8.07. The van der Waals surface area contributed by atoms with Crippen LogP contribution in [0.3, 0.4) is 0 Å². The van der Waals surface area contributed by atoms with Crippen molar-refractivity contribution in [2.24, 2.45) is 0 Å². The van der Waals surface area contributed by atoms with Gasteiger partial charge in [0.2, 0.25) is 0 Å². The predicted octanol–water partition coefficient (Wildman–Crippen LogP) is 3.27. The number of aromatic nitrogens is 1.